The van der Waals surface area contributed by atoms with Crippen LogP contribution in [0.15, 0.2) is 48.5 Å². The van der Waals surface area contributed by atoms with E-state index in [-0.39, 0.29) is 12.1 Å². The third-order valence-corrected chi connectivity index (χ3v) is 5.33. The van der Waals surface area contributed by atoms with Crippen molar-refractivity contribution < 1.29 is 9.69 Å². The highest BCUT2D eigenvalue weighted by Gasteiger charge is 2.27. The van der Waals surface area contributed by atoms with Crippen LogP contribution in [-0.2, 0) is 0 Å². The monoisotopic (exact) mass is 387 g/mol. The molecule has 2 aromatic rings. The number of benzene rings is 2. The molecule has 0 saturated carbocycles. The van der Waals surface area contributed by atoms with Gasteiger partial charge in [0.25, 0.3) is 0 Å². The standard InChI is InChI=1S/C21H27ClN4O/c1-25(2)19-10-8-16(9-11-19)20(26-12-3-4-13-26)15-23-21(27)24-18-7-5-6-17(22)14-18/h5-11,14,20H,3-4,12-13,15H2,1-2H3,(H2,23,24,27)/p+1/t20-/m1/s1. The van der Waals surface area contributed by atoms with E-state index >= 15 is 0 Å². The van der Waals surface area contributed by atoms with Crippen molar-refractivity contribution in [2.75, 3.05) is 43.9 Å². The number of amides is 2. The van der Waals surface area contributed by atoms with Gasteiger partial charge < -0.3 is 20.4 Å². The summed E-state index contributed by atoms with van der Waals surface area (Å²) < 4.78 is 0. The average Bonchev–Trinajstić information content (AvgIpc) is 3.17. The molecule has 5 nitrogen and oxygen atoms in total. The van der Waals surface area contributed by atoms with Crippen molar-refractivity contribution in [1.82, 2.24) is 5.32 Å². The fraction of sp³-hybridized carbons (Fsp3) is 0.381. The van der Waals surface area contributed by atoms with Crippen LogP contribution in [0.3, 0.4) is 0 Å². The molecule has 144 valence electrons. The molecular weight excluding hydrogens is 360 g/mol. The van der Waals surface area contributed by atoms with Gasteiger partial charge in [0.15, 0.2) is 0 Å². The minimum Gasteiger partial charge on any atom is -0.378 e. The van der Waals surface area contributed by atoms with Crippen LogP contribution in [0, 0.1) is 0 Å². The number of carbonyl (C=O) groups excluding carboxylic acids is 1. The molecule has 1 saturated heterocycles. The fourth-order valence-electron chi connectivity index (χ4n) is 3.62. The Bertz CT molecular complexity index is 757. The summed E-state index contributed by atoms with van der Waals surface area (Å²) in [6.45, 7) is 2.90. The summed E-state index contributed by atoms with van der Waals surface area (Å²) in [6, 6.07) is 15.9. The van der Waals surface area contributed by atoms with Gasteiger partial charge in [-0.05, 0) is 30.3 Å². The van der Waals surface area contributed by atoms with E-state index in [1.165, 1.54) is 29.0 Å². The van der Waals surface area contributed by atoms with Gasteiger partial charge in [0.2, 0.25) is 0 Å². The lowest BCUT2D eigenvalue weighted by Crippen LogP contribution is -3.11. The number of hydrogen-bond acceptors (Lipinski definition) is 2. The lowest BCUT2D eigenvalue weighted by Gasteiger charge is -2.26. The topological polar surface area (TPSA) is 48.8 Å². The first-order valence-corrected chi connectivity index (χ1v) is 9.83. The summed E-state index contributed by atoms with van der Waals surface area (Å²) in [7, 11) is 4.08. The molecule has 0 radical (unpaired) electrons. The Morgan fingerprint density at radius 1 is 1.15 bits per heavy atom. The molecule has 3 rings (SSSR count). The van der Waals surface area contributed by atoms with Crippen molar-refractivity contribution >= 4 is 29.0 Å². The summed E-state index contributed by atoms with van der Waals surface area (Å²) in [6.07, 6.45) is 2.49. The number of quaternary nitrogens is 1. The summed E-state index contributed by atoms with van der Waals surface area (Å²) in [5.74, 6) is 0. The zero-order chi connectivity index (χ0) is 19.2. The molecule has 1 fully saturated rings. The van der Waals surface area contributed by atoms with Crippen LogP contribution in [0.25, 0.3) is 0 Å². The molecule has 1 atom stereocenters. The Kier molecular flexibility index (Phi) is 6.58. The van der Waals surface area contributed by atoms with Gasteiger partial charge in [0.1, 0.15) is 6.04 Å². The number of carbonyl (C=O) groups is 1. The van der Waals surface area contributed by atoms with Crippen LogP contribution >= 0.6 is 11.6 Å². The number of nitrogens with one attached hydrogen (secondary N) is 3. The Morgan fingerprint density at radius 2 is 1.85 bits per heavy atom. The Labute approximate surface area is 166 Å². The summed E-state index contributed by atoms with van der Waals surface area (Å²) in [5.41, 5.74) is 3.14. The molecule has 6 heteroatoms. The van der Waals surface area contributed by atoms with E-state index in [0.29, 0.717) is 17.3 Å². The SMILES string of the molecule is CN(C)c1ccc([C@@H](CNC(=O)Nc2cccc(Cl)c2)[NH+]2CCCC2)cc1. The number of hydrogen-bond donors (Lipinski definition) is 3. The molecule has 2 amide bonds. The van der Waals surface area contributed by atoms with Crippen LogP contribution in [0.4, 0.5) is 16.2 Å². The zero-order valence-electron chi connectivity index (χ0n) is 16.0. The van der Waals surface area contributed by atoms with Crippen LogP contribution < -0.4 is 20.4 Å². The first kappa shape index (κ1) is 19.5. The average molecular weight is 388 g/mol. The maximum Gasteiger partial charge on any atom is 0.319 e. The highest BCUT2D eigenvalue weighted by Crippen LogP contribution is 2.17. The van der Waals surface area contributed by atoms with E-state index in [2.05, 4.69) is 39.8 Å². The van der Waals surface area contributed by atoms with Crippen molar-refractivity contribution in [2.24, 2.45) is 0 Å². The Hall–Kier alpha value is -2.24. The molecule has 0 bridgehead atoms. The first-order valence-electron chi connectivity index (χ1n) is 9.45. The van der Waals surface area contributed by atoms with Gasteiger partial charge in [0, 0.05) is 48.9 Å². The van der Waals surface area contributed by atoms with Crippen LogP contribution in [0.1, 0.15) is 24.4 Å². The van der Waals surface area contributed by atoms with E-state index in [1.807, 2.05) is 26.2 Å². The second-order valence-corrected chi connectivity index (χ2v) is 7.69. The summed E-state index contributed by atoms with van der Waals surface area (Å²) in [4.78, 5) is 16.0. The molecule has 0 spiro atoms. The van der Waals surface area contributed by atoms with Crippen molar-refractivity contribution in [3.05, 3.63) is 59.1 Å². The normalized spacial score (nSPS) is 15.4. The van der Waals surface area contributed by atoms with Crippen molar-refractivity contribution in [2.45, 2.75) is 18.9 Å². The third-order valence-electron chi connectivity index (χ3n) is 5.10. The molecule has 1 aliphatic rings. The van der Waals surface area contributed by atoms with Crippen LogP contribution in [-0.4, -0.2) is 39.8 Å². The molecule has 1 heterocycles. The minimum atomic E-state index is -0.203. The molecule has 0 aromatic heterocycles. The van der Waals surface area contributed by atoms with Gasteiger partial charge in [0.05, 0.1) is 19.6 Å². The number of nitrogens with zero attached hydrogens (tertiary/aromatic N) is 1. The van der Waals surface area contributed by atoms with E-state index in [0.717, 1.165) is 13.1 Å². The van der Waals surface area contributed by atoms with Crippen molar-refractivity contribution in [3.63, 3.8) is 0 Å². The van der Waals surface area contributed by atoms with Crippen molar-refractivity contribution in [3.8, 4) is 0 Å². The van der Waals surface area contributed by atoms with E-state index in [1.54, 1.807) is 12.1 Å². The number of likely N-dealkylation sites (tertiary alicyclic amines) is 1. The van der Waals surface area contributed by atoms with E-state index < -0.39 is 0 Å². The lowest BCUT2D eigenvalue weighted by atomic mass is 10.0. The molecule has 1 aliphatic heterocycles. The van der Waals surface area contributed by atoms with Gasteiger partial charge in [-0.2, -0.15) is 0 Å². The minimum absolute atomic E-state index is 0.203. The molecule has 3 N–H and O–H groups in total. The Morgan fingerprint density at radius 3 is 2.48 bits per heavy atom. The molecular formula is C21H28ClN4O+. The smallest absolute Gasteiger partial charge is 0.319 e. The molecule has 27 heavy (non-hydrogen) atoms. The van der Waals surface area contributed by atoms with Crippen molar-refractivity contribution in [1.29, 1.82) is 0 Å². The highest BCUT2D eigenvalue weighted by atomic mass is 35.5. The lowest BCUT2D eigenvalue weighted by molar-refractivity contribution is -0.918. The number of anilines is 2. The van der Waals surface area contributed by atoms with Gasteiger partial charge in [-0.1, -0.05) is 29.8 Å². The Balaban J connectivity index is 1.65. The van der Waals surface area contributed by atoms with Gasteiger partial charge in [-0.3, -0.25) is 0 Å². The van der Waals surface area contributed by atoms with E-state index in [9.17, 15) is 4.79 Å². The van der Waals surface area contributed by atoms with Gasteiger partial charge in [-0.25, -0.2) is 4.79 Å². The molecule has 2 aromatic carbocycles. The summed E-state index contributed by atoms with van der Waals surface area (Å²) >= 11 is 5.98. The highest BCUT2D eigenvalue weighted by molar-refractivity contribution is 6.30. The largest absolute Gasteiger partial charge is 0.378 e. The van der Waals surface area contributed by atoms with Gasteiger partial charge in [-0.15, -0.1) is 0 Å². The molecule has 0 unspecified atom stereocenters. The number of halogens is 1. The molecule has 0 aliphatic carbocycles. The zero-order valence-corrected chi connectivity index (χ0v) is 16.7. The fourth-order valence-corrected chi connectivity index (χ4v) is 3.81. The first-order chi connectivity index (χ1) is 13.0. The maximum atomic E-state index is 12.3. The van der Waals surface area contributed by atoms with E-state index in [4.69, 9.17) is 11.6 Å². The third kappa shape index (κ3) is 5.37. The van der Waals surface area contributed by atoms with Gasteiger partial charge >= 0.3 is 6.03 Å². The maximum absolute atomic E-state index is 12.3. The summed E-state index contributed by atoms with van der Waals surface area (Å²) in [5, 5.41) is 6.50. The second-order valence-electron chi connectivity index (χ2n) is 7.25. The quantitative estimate of drug-likeness (QED) is 0.713. The number of urea groups is 1. The predicted molar refractivity (Wildman–Crippen MR) is 112 cm³/mol. The van der Waals surface area contributed by atoms with Crippen LogP contribution in [0.2, 0.25) is 5.02 Å². The predicted octanol–water partition coefficient (Wildman–Crippen LogP) is 2.95. The van der Waals surface area contributed by atoms with Crippen LogP contribution in [0.5, 0.6) is 0 Å². The number of rotatable bonds is 6. The second kappa shape index (κ2) is 9.11.